The summed E-state index contributed by atoms with van der Waals surface area (Å²) in [6, 6.07) is 38.8. The molecular weight excluding hydrogens is 500 g/mol. The van der Waals surface area contributed by atoms with Crippen molar-refractivity contribution in [2.45, 2.75) is 29.6 Å². The van der Waals surface area contributed by atoms with Crippen LogP contribution in [-0.2, 0) is 10.0 Å². The van der Waals surface area contributed by atoms with Crippen molar-refractivity contribution in [3.05, 3.63) is 126 Å². The van der Waals surface area contributed by atoms with Crippen LogP contribution in [0.5, 0.6) is 0 Å². The molecule has 4 aromatic rings. The van der Waals surface area contributed by atoms with Crippen LogP contribution < -0.4 is 0 Å². The van der Waals surface area contributed by atoms with E-state index in [1.54, 1.807) is 16.4 Å². The number of benzene rings is 4. The van der Waals surface area contributed by atoms with Gasteiger partial charge in [0.2, 0.25) is 10.0 Å². The average Bonchev–Trinajstić information content (AvgIpc) is 3.43. The lowest BCUT2D eigenvalue weighted by molar-refractivity contribution is 0.180. The molecule has 0 bridgehead atoms. The highest BCUT2D eigenvalue weighted by Crippen LogP contribution is 2.38. The average molecular weight is 537 g/mol. The normalized spacial score (nSPS) is 21.2. The van der Waals surface area contributed by atoms with E-state index in [9.17, 15) is 8.42 Å². The number of hydrogen-bond acceptors (Lipinski definition) is 3. The predicted molar refractivity (Wildman–Crippen MR) is 158 cm³/mol. The maximum absolute atomic E-state index is 13.8. The van der Waals surface area contributed by atoms with Gasteiger partial charge in [-0.1, -0.05) is 103 Å². The van der Waals surface area contributed by atoms with Crippen molar-refractivity contribution < 1.29 is 8.42 Å². The van der Waals surface area contributed by atoms with Crippen LogP contribution in [0.2, 0.25) is 0 Å². The van der Waals surface area contributed by atoms with Crippen molar-refractivity contribution >= 4 is 10.0 Å². The second kappa shape index (κ2) is 11.5. The van der Waals surface area contributed by atoms with Crippen LogP contribution in [0.3, 0.4) is 0 Å². The number of sulfonamides is 1. The third-order valence-corrected chi connectivity index (χ3v) is 10.4. The largest absolute Gasteiger partial charge is 0.303 e. The highest BCUT2D eigenvalue weighted by molar-refractivity contribution is 7.89. The second-order valence-electron chi connectivity index (χ2n) is 11.0. The predicted octanol–water partition coefficient (Wildman–Crippen LogP) is 6.64. The van der Waals surface area contributed by atoms with Gasteiger partial charge in [-0.15, -0.1) is 0 Å². The topological polar surface area (TPSA) is 40.6 Å². The Morgan fingerprint density at radius 2 is 1.15 bits per heavy atom. The van der Waals surface area contributed by atoms with Crippen molar-refractivity contribution in [2.24, 2.45) is 5.92 Å². The standard InChI is InChI=1S/C34H36N2O2S/c37-39(38,33-18-16-29(17-19-33)27-10-4-1-5-11-27)36-25-32(34(26-36)31-14-8-3-9-15-31)24-35-22-20-30(21-23-35)28-12-6-2-7-13-28/h1-19,30,32,34H,20-26H2. The Labute approximate surface area is 233 Å². The summed E-state index contributed by atoms with van der Waals surface area (Å²) in [4.78, 5) is 2.93. The molecule has 0 aliphatic carbocycles. The summed E-state index contributed by atoms with van der Waals surface area (Å²) in [5.41, 5.74) is 4.78. The van der Waals surface area contributed by atoms with Crippen LogP contribution >= 0.6 is 0 Å². The third-order valence-electron chi connectivity index (χ3n) is 8.59. The van der Waals surface area contributed by atoms with E-state index < -0.39 is 10.0 Å². The highest BCUT2D eigenvalue weighted by atomic mass is 32.2. The first-order valence-electron chi connectivity index (χ1n) is 14.1. The monoisotopic (exact) mass is 536 g/mol. The van der Waals surface area contributed by atoms with Crippen LogP contribution in [0, 0.1) is 5.92 Å². The van der Waals surface area contributed by atoms with Crippen LogP contribution in [0.4, 0.5) is 0 Å². The lowest BCUT2D eigenvalue weighted by atomic mass is 9.86. The van der Waals surface area contributed by atoms with Crippen molar-refractivity contribution in [2.75, 3.05) is 32.7 Å². The van der Waals surface area contributed by atoms with Crippen LogP contribution in [-0.4, -0.2) is 50.3 Å². The number of nitrogens with zero attached hydrogens (tertiary/aromatic N) is 2. The summed E-state index contributed by atoms with van der Waals surface area (Å²) in [7, 11) is -3.58. The van der Waals surface area contributed by atoms with Gasteiger partial charge in [-0.25, -0.2) is 8.42 Å². The maximum atomic E-state index is 13.8. The quantitative estimate of drug-likeness (QED) is 0.266. The first-order chi connectivity index (χ1) is 19.1. The molecule has 0 amide bonds. The summed E-state index contributed by atoms with van der Waals surface area (Å²) < 4.78 is 29.3. The highest BCUT2D eigenvalue weighted by Gasteiger charge is 2.41. The molecule has 0 aromatic heterocycles. The summed E-state index contributed by atoms with van der Waals surface area (Å²) in [6.07, 6.45) is 2.31. The van der Waals surface area contributed by atoms with Gasteiger partial charge in [-0.2, -0.15) is 4.31 Å². The van der Waals surface area contributed by atoms with E-state index in [1.807, 2.05) is 48.5 Å². The van der Waals surface area contributed by atoms with E-state index >= 15 is 0 Å². The van der Waals surface area contributed by atoms with Gasteiger partial charge in [0.15, 0.2) is 0 Å². The van der Waals surface area contributed by atoms with Gasteiger partial charge in [0.25, 0.3) is 0 Å². The van der Waals surface area contributed by atoms with Crippen molar-refractivity contribution in [1.82, 2.24) is 9.21 Å². The first kappa shape index (κ1) is 26.0. The minimum Gasteiger partial charge on any atom is -0.303 e. The van der Waals surface area contributed by atoms with E-state index in [-0.39, 0.29) is 11.8 Å². The van der Waals surface area contributed by atoms with E-state index in [0.29, 0.717) is 23.9 Å². The molecule has 0 spiro atoms. The van der Waals surface area contributed by atoms with Gasteiger partial charge in [0.05, 0.1) is 4.90 Å². The minimum absolute atomic E-state index is 0.191. The summed E-state index contributed by atoms with van der Waals surface area (Å²) in [5.74, 6) is 1.07. The Bertz CT molecular complexity index is 1450. The Kier molecular flexibility index (Phi) is 7.64. The molecule has 2 saturated heterocycles. The first-order valence-corrected chi connectivity index (χ1v) is 15.5. The van der Waals surface area contributed by atoms with Gasteiger partial charge < -0.3 is 4.90 Å². The molecule has 5 heteroatoms. The molecule has 2 aliphatic heterocycles. The summed E-state index contributed by atoms with van der Waals surface area (Å²) in [5, 5.41) is 0. The Hall–Kier alpha value is -3.25. The molecular formula is C34H36N2O2S. The number of hydrogen-bond donors (Lipinski definition) is 0. The zero-order valence-corrected chi connectivity index (χ0v) is 23.1. The van der Waals surface area contributed by atoms with Gasteiger partial charge >= 0.3 is 0 Å². The zero-order valence-electron chi connectivity index (χ0n) is 22.3. The summed E-state index contributed by atoms with van der Waals surface area (Å²) in [6.45, 7) is 4.13. The minimum atomic E-state index is -3.58. The van der Waals surface area contributed by atoms with Crippen LogP contribution in [0.1, 0.15) is 35.8 Å². The van der Waals surface area contributed by atoms with Crippen LogP contribution in [0.15, 0.2) is 120 Å². The van der Waals surface area contributed by atoms with E-state index in [0.717, 1.165) is 43.6 Å². The molecule has 2 unspecified atom stereocenters. The molecule has 4 nitrogen and oxygen atoms in total. The molecule has 2 aliphatic rings. The molecule has 0 radical (unpaired) electrons. The fraction of sp³-hybridized carbons (Fsp3) is 0.294. The second-order valence-corrected chi connectivity index (χ2v) is 12.9. The summed E-state index contributed by atoms with van der Waals surface area (Å²) >= 11 is 0. The van der Waals surface area contributed by atoms with Gasteiger partial charge in [-0.05, 0) is 72.2 Å². The Morgan fingerprint density at radius 1 is 0.615 bits per heavy atom. The number of rotatable bonds is 7. The SMILES string of the molecule is O=S(=O)(c1ccc(-c2ccccc2)cc1)N1CC(CN2CCC(c3ccccc3)CC2)C(c2ccccc2)C1. The fourth-order valence-electron chi connectivity index (χ4n) is 6.40. The zero-order chi connectivity index (χ0) is 26.7. The van der Waals surface area contributed by atoms with Gasteiger partial charge in [-0.3, -0.25) is 0 Å². The molecule has 2 heterocycles. The van der Waals surface area contributed by atoms with E-state index in [4.69, 9.17) is 0 Å². The van der Waals surface area contributed by atoms with Crippen molar-refractivity contribution in [1.29, 1.82) is 0 Å². The number of likely N-dealkylation sites (tertiary alicyclic amines) is 1. The lowest BCUT2D eigenvalue weighted by Gasteiger charge is -2.35. The van der Waals surface area contributed by atoms with Crippen molar-refractivity contribution in [3.63, 3.8) is 0 Å². The molecule has 2 atom stereocenters. The van der Waals surface area contributed by atoms with Crippen LogP contribution in [0.25, 0.3) is 11.1 Å². The maximum Gasteiger partial charge on any atom is 0.243 e. The molecule has 2 fully saturated rings. The molecule has 0 N–H and O–H groups in total. The van der Waals surface area contributed by atoms with Crippen molar-refractivity contribution in [3.8, 4) is 11.1 Å². The molecule has 6 rings (SSSR count). The third kappa shape index (κ3) is 5.72. The molecule has 0 saturated carbocycles. The Balaban J connectivity index is 1.18. The van der Waals surface area contributed by atoms with E-state index in [1.165, 1.54) is 11.1 Å². The smallest absolute Gasteiger partial charge is 0.243 e. The number of piperidine rings is 1. The van der Waals surface area contributed by atoms with E-state index in [2.05, 4.69) is 59.5 Å². The lowest BCUT2D eigenvalue weighted by Crippen LogP contribution is -2.38. The molecule has 200 valence electrons. The fourth-order valence-corrected chi connectivity index (χ4v) is 7.92. The molecule has 4 aromatic carbocycles. The van der Waals surface area contributed by atoms with Gasteiger partial charge in [0.1, 0.15) is 0 Å². The Morgan fingerprint density at radius 3 is 1.77 bits per heavy atom. The van der Waals surface area contributed by atoms with Gasteiger partial charge in [0, 0.05) is 25.6 Å². The molecule has 39 heavy (non-hydrogen) atoms.